The van der Waals surface area contributed by atoms with Crippen LogP contribution < -0.4 is 10.5 Å². The summed E-state index contributed by atoms with van der Waals surface area (Å²) in [6.07, 6.45) is -0.122. The summed E-state index contributed by atoms with van der Waals surface area (Å²) in [6.45, 7) is 3.59. The topological polar surface area (TPSA) is 59.0 Å². The Bertz CT molecular complexity index is 382. The standard InChI is InChI=1S/C10H11FN2O/c1-6(2)14-10-4-7(13)3-9(11)8(10)5-12/h3-4,6H,13H2,1-2H3. The maximum atomic E-state index is 13.2. The predicted octanol–water partition coefficient (Wildman–Crippen LogP) is 2.07. The van der Waals surface area contributed by atoms with E-state index in [-0.39, 0.29) is 23.1 Å². The molecule has 0 heterocycles. The van der Waals surface area contributed by atoms with Gasteiger partial charge in [-0.05, 0) is 19.9 Å². The summed E-state index contributed by atoms with van der Waals surface area (Å²) in [4.78, 5) is 0. The van der Waals surface area contributed by atoms with Crippen molar-refractivity contribution >= 4 is 5.69 Å². The minimum Gasteiger partial charge on any atom is -0.489 e. The van der Waals surface area contributed by atoms with Crippen LogP contribution in [0.15, 0.2) is 12.1 Å². The van der Waals surface area contributed by atoms with Crippen molar-refractivity contribution in [3.63, 3.8) is 0 Å². The Morgan fingerprint density at radius 3 is 2.64 bits per heavy atom. The van der Waals surface area contributed by atoms with Gasteiger partial charge in [-0.15, -0.1) is 0 Å². The van der Waals surface area contributed by atoms with Gasteiger partial charge in [-0.3, -0.25) is 0 Å². The number of nitrogens with two attached hydrogens (primary N) is 1. The van der Waals surface area contributed by atoms with Crippen LogP contribution in [0.1, 0.15) is 19.4 Å². The Hall–Kier alpha value is -1.76. The fourth-order valence-corrected chi connectivity index (χ4v) is 1.06. The summed E-state index contributed by atoms with van der Waals surface area (Å²) in [5.74, 6) is -0.455. The van der Waals surface area contributed by atoms with Crippen molar-refractivity contribution in [3.05, 3.63) is 23.5 Å². The molecule has 1 rings (SSSR count). The number of nitrogens with zero attached hydrogens (tertiary/aromatic N) is 1. The van der Waals surface area contributed by atoms with Crippen LogP contribution in [0.5, 0.6) is 5.75 Å². The number of rotatable bonds is 2. The fraction of sp³-hybridized carbons (Fsp3) is 0.300. The zero-order valence-corrected chi connectivity index (χ0v) is 8.04. The van der Waals surface area contributed by atoms with E-state index < -0.39 is 5.82 Å². The first kappa shape index (κ1) is 10.3. The quantitative estimate of drug-likeness (QED) is 0.733. The van der Waals surface area contributed by atoms with E-state index in [9.17, 15) is 4.39 Å². The molecule has 0 aliphatic rings. The summed E-state index contributed by atoms with van der Waals surface area (Å²) in [6, 6.07) is 4.29. The average Bonchev–Trinajstić information content (AvgIpc) is 2.01. The van der Waals surface area contributed by atoms with Crippen molar-refractivity contribution < 1.29 is 9.13 Å². The monoisotopic (exact) mass is 194 g/mol. The second-order valence-corrected chi connectivity index (χ2v) is 3.15. The second-order valence-electron chi connectivity index (χ2n) is 3.15. The first-order valence-corrected chi connectivity index (χ1v) is 4.20. The molecule has 14 heavy (non-hydrogen) atoms. The Kier molecular flexibility index (Phi) is 2.92. The van der Waals surface area contributed by atoms with E-state index in [1.54, 1.807) is 19.9 Å². The fourth-order valence-electron chi connectivity index (χ4n) is 1.06. The summed E-state index contributed by atoms with van der Waals surface area (Å²) in [5, 5.41) is 8.69. The highest BCUT2D eigenvalue weighted by Crippen LogP contribution is 2.25. The number of nitriles is 1. The summed E-state index contributed by atoms with van der Waals surface area (Å²) in [7, 11) is 0. The number of benzene rings is 1. The maximum absolute atomic E-state index is 13.2. The number of halogens is 1. The molecular formula is C10H11FN2O. The highest BCUT2D eigenvalue weighted by molar-refractivity contribution is 5.54. The van der Waals surface area contributed by atoms with E-state index in [4.69, 9.17) is 15.7 Å². The molecule has 0 unspecified atom stereocenters. The van der Waals surface area contributed by atoms with Crippen molar-refractivity contribution in [1.29, 1.82) is 5.26 Å². The smallest absolute Gasteiger partial charge is 0.146 e. The molecule has 2 N–H and O–H groups in total. The Balaban J connectivity index is 3.20. The third-order valence-electron chi connectivity index (χ3n) is 1.55. The van der Waals surface area contributed by atoms with Crippen molar-refractivity contribution in [1.82, 2.24) is 0 Å². The molecule has 74 valence electrons. The minimum absolute atomic E-state index is 0.104. The molecule has 0 aromatic heterocycles. The highest BCUT2D eigenvalue weighted by atomic mass is 19.1. The van der Waals surface area contributed by atoms with E-state index in [1.807, 2.05) is 0 Å². The Morgan fingerprint density at radius 1 is 1.50 bits per heavy atom. The molecule has 1 aromatic carbocycles. The molecule has 3 nitrogen and oxygen atoms in total. The third-order valence-corrected chi connectivity index (χ3v) is 1.55. The normalized spacial score (nSPS) is 9.93. The Labute approximate surface area is 81.9 Å². The lowest BCUT2D eigenvalue weighted by molar-refractivity contribution is 0.241. The van der Waals surface area contributed by atoms with Crippen LogP contribution in [0.25, 0.3) is 0 Å². The molecule has 1 aromatic rings. The number of ether oxygens (including phenoxy) is 1. The third kappa shape index (κ3) is 2.13. The van der Waals surface area contributed by atoms with Gasteiger partial charge in [-0.25, -0.2) is 4.39 Å². The molecule has 4 heteroatoms. The van der Waals surface area contributed by atoms with E-state index in [0.717, 1.165) is 6.07 Å². The van der Waals surface area contributed by atoms with Gasteiger partial charge >= 0.3 is 0 Å². The number of hydrogen-bond acceptors (Lipinski definition) is 3. The molecule has 0 bridgehead atoms. The van der Waals surface area contributed by atoms with E-state index in [2.05, 4.69) is 0 Å². The second kappa shape index (κ2) is 3.97. The molecule has 0 amide bonds. The van der Waals surface area contributed by atoms with Gasteiger partial charge in [-0.1, -0.05) is 0 Å². The van der Waals surface area contributed by atoms with Gasteiger partial charge in [0.25, 0.3) is 0 Å². The van der Waals surface area contributed by atoms with Crippen LogP contribution in [0.2, 0.25) is 0 Å². The molecule has 0 spiro atoms. The van der Waals surface area contributed by atoms with Crippen LogP contribution in [0, 0.1) is 17.1 Å². The molecule has 0 aliphatic heterocycles. The van der Waals surface area contributed by atoms with Crippen LogP contribution in [-0.2, 0) is 0 Å². The van der Waals surface area contributed by atoms with E-state index >= 15 is 0 Å². The highest BCUT2D eigenvalue weighted by Gasteiger charge is 2.11. The molecule has 0 radical (unpaired) electrons. The molecule has 0 saturated heterocycles. The lowest BCUT2D eigenvalue weighted by Gasteiger charge is -2.11. The van der Waals surface area contributed by atoms with Gasteiger partial charge in [0.2, 0.25) is 0 Å². The molecular weight excluding hydrogens is 183 g/mol. The largest absolute Gasteiger partial charge is 0.489 e. The van der Waals surface area contributed by atoms with Crippen molar-refractivity contribution in [2.75, 3.05) is 5.73 Å². The Morgan fingerprint density at radius 2 is 2.14 bits per heavy atom. The summed E-state index contributed by atoms with van der Waals surface area (Å²) >= 11 is 0. The van der Waals surface area contributed by atoms with Gasteiger partial charge in [0.05, 0.1) is 6.10 Å². The van der Waals surface area contributed by atoms with Gasteiger partial charge in [0, 0.05) is 11.8 Å². The van der Waals surface area contributed by atoms with Crippen LogP contribution in [0.4, 0.5) is 10.1 Å². The van der Waals surface area contributed by atoms with Crippen LogP contribution >= 0.6 is 0 Å². The number of anilines is 1. The lowest BCUT2D eigenvalue weighted by atomic mass is 10.2. The van der Waals surface area contributed by atoms with Crippen molar-refractivity contribution in [3.8, 4) is 11.8 Å². The molecule has 0 aliphatic carbocycles. The van der Waals surface area contributed by atoms with Crippen LogP contribution in [0.3, 0.4) is 0 Å². The van der Waals surface area contributed by atoms with Gasteiger partial charge < -0.3 is 10.5 Å². The summed E-state index contributed by atoms with van der Waals surface area (Å²) in [5.41, 5.74) is 5.57. The first-order valence-electron chi connectivity index (χ1n) is 4.20. The lowest BCUT2D eigenvalue weighted by Crippen LogP contribution is -2.08. The average molecular weight is 194 g/mol. The maximum Gasteiger partial charge on any atom is 0.146 e. The van der Waals surface area contributed by atoms with Gasteiger partial charge in [0.1, 0.15) is 23.2 Å². The van der Waals surface area contributed by atoms with Crippen molar-refractivity contribution in [2.45, 2.75) is 20.0 Å². The van der Waals surface area contributed by atoms with Crippen LogP contribution in [-0.4, -0.2) is 6.10 Å². The van der Waals surface area contributed by atoms with Crippen molar-refractivity contribution in [2.24, 2.45) is 0 Å². The number of nitrogen functional groups attached to an aromatic ring is 1. The zero-order chi connectivity index (χ0) is 10.7. The first-order chi connectivity index (χ1) is 6.54. The SMILES string of the molecule is CC(C)Oc1cc(N)cc(F)c1C#N. The number of hydrogen-bond donors (Lipinski definition) is 1. The van der Waals surface area contributed by atoms with E-state index in [1.165, 1.54) is 6.07 Å². The van der Waals surface area contributed by atoms with Gasteiger partial charge in [0.15, 0.2) is 0 Å². The van der Waals surface area contributed by atoms with E-state index in [0.29, 0.717) is 0 Å². The minimum atomic E-state index is -0.650. The van der Waals surface area contributed by atoms with Gasteiger partial charge in [-0.2, -0.15) is 5.26 Å². The predicted molar refractivity (Wildman–Crippen MR) is 51.3 cm³/mol. The molecule has 0 atom stereocenters. The summed E-state index contributed by atoms with van der Waals surface area (Å²) < 4.78 is 18.4. The molecule has 0 saturated carbocycles. The zero-order valence-electron chi connectivity index (χ0n) is 8.04. The molecule has 0 fully saturated rings.